The van der Waals surface area contributed by atoms with Crippen LogP contribution in [0, 0.1) is 6.92 Å². The molecule has 2 rings (SSSR count). The summed E-state index contributed by atoms with van der Waals surface area (Å²) >= 11 is 7.65. The van der Waals surface area contributed by atoms with Crippen molar-refractivity contribution in [3.05, 3.63) is 52.8 Å². The molecular weight excluding hydrogens is 266 g/mol. The molecule has 0 unspecified atom stereocenters. The van der Waals surface area contributed by atoms with E-state index in [9.17, 15) is 0 Å². The largest absolute Gasteiger partial charge is 0.488 e. The van der Waals surface area contributed by atoms with Crippen molar-refractivity contribution in [2.24, 2.45) is 0 Å². The fourth-order valence-electron chi connectivity index (χ4n) is 1.62. The Kier molecular flexibility index (Phi) is 4.50. The lowest BCUT2D eigenvalue weighted by Gasteiger charge is -2.12. The van der Waals surface area contributed by atoms with Crippen LogP contribution in [0.25, 0.3) is 0 Å². The SMILES string of the molecule is CSc1c(OCc2ccccc2)cc(C)nc1Cl. The number of hydrogen-bond donors (Lipinski definition) is 0. The van der Waals surface area contributed by atoms with Gasteiger partial charge in [0.2, 0.25) is 0 Å². The van der Waals surface area contributed by atoms with Crippen molar-refractivity contribution in [1.82, 2.24) is 4.98 Å². The molecule has 0 aliphatic rings. The van der Waals surface area contributed by atoms with E-state index in [1.165, 1.54) is 0 Å². The minimum Gasteiger partial charge on any atom is -0.488 e. The van der Waals surface area contributed by atoms with E-state index in [0.29, 0.717) is 11.8 Å². The van der Waals surface area contributed by atoms with Gasteiger partial charge < -0.3 is 4.74 Å². The predicted octanol–water partition coefficient (Wildman–Crippen LogP) is 4.34. The van der Waals surface area contributed by atoms with Gasteiger partial charge in [-0.3, -0.25) is 0 Å². The molecular formula is C14H14ClNOS. The van der Waals surface area contributed by atoms with Crippen molar-refractivity contribution in [1.29, 1.82) is 0 Å². The number of aromatic nitrogens is 1. The van der Waals surface area contributed by atoms with Gasteiger partial charge in [-0.25, -0.2) is 4.98 Å². The first-order chi connectivity index (χ1) is 8.70. The second-order valence-corrected chi connectivity index (χ2v) is 5.03. The number of rotatable bonds is 4. The molecule has 4 heteroatoms. The molecule has 0 saturated heterocycles. The molecule has 0 amide bonds. The monoisotopic (exact) mass is 279 g/mol. The second kappa shape index (κ2) is 6.12. The van der Waals surface area contributed by atoms with Gasteiger partial charge in [0.25, 0.3) is 0 Å². The normalized spacial score (nSPS) is 10.4. The number of pyridine rings is 1. The Hall–Kier alpha value is -1.19. The molecule has 0 spiro atoms. The zero-order valence-electron chi connectivity index (χ0n) is 10.3. The molecule has 1 aromatic heterocycles. The maximum atomic E-state index is 6.10. The van der Waals surface area contributed by atoms with Gasteiger partial charge in [0.1, 0.15) is 17.5 Å². The van der Waals surface area contributed by atoms with Gasteiger partial charge in [0, 0.05) is 11.8 Å². The third kappa shape index (κ3) is 3.18. The average molecular weight is 280 g/mol. The van der Waals surface area contributed by atoms with Crippen molar-refractivity contribution < 1.29 is 4.74 Å². The maximum Gasteiger partial charge on any atom is 0.146 e. The lowest BCUT2D eigenvalue weighted by atomic mass is 10.2. The Morgan fingerprint density at radius 3 is 2.67 bits per heavy atom. The first-order valence-corrected chi connectivity index (χ1v) is 7.19. The predicted molar refractivity (Wildman–Crippen MR) is 76.5 cm³/mol. The molecule has 1 heterocycles. The standard InChI is InChI=1S/C14H14ClNOS/c1-10-8-12(13(18-2)14(15)16-10)17-9-11-6-4-3-5-7-11/h3-8H,9H2,1-2H3. The fraction of sp³-hybridized carbons (Fsp3) is 0.214. The molecule has 1 aromatic carbocycles. The van der Waals surface area contributed by atoms with Crippen LogP contribution in [-0.4, -0.2) is 11.2 Å². The molecule has 0 atom stereocenters. The van der Waals surface area contributed by atoms with Crippen LogP contribution >= 0.6 is 23.4 Å². The van der Waals surface area contributed by atoms with Gasteiger partial charge in [0.05, 0.1) is 4.90 Å². The van der Waals surface area contributed by atoms with Crippen LogP contribution in [0.1, 0.15) is 11.3 Å². The second-order valence-electron chi connectivity index (χ2n) is 3.86. The number of hydrogen-bond acceptors (Lipinski definition) is 3. The van der Waals surface area contributed by atoms with Crippen molar-refractivity contribution in [2.45, 2.75) is 18.4 Å². The van der Waals surface area contributed by atoms with Crippen LogP contribution < -0.4 is 4.74 Å². The molecule has 0 saturated carbocycles. The minimum absolute atomic E-state index is 0.505. The zero-order valence-corrected chi connectivity index (χ0v) is 11.9. The third-order valence-electron chi connectivity index (χ3n) is 2.47. The number of benzene rings is 1. The number of nitrogens with zero attached hydrogens (tertiary/aromatic N) is 1. The van der Waals surface area contributed by atoms with E-state index in [0.717, 1.165) is 21.9 Å². The van der Waals surface area contributed by atoms with Gasteiger partial charge >= 0.3 is 0 Å². The van der Waals surface area contributed by atoms with Crippen LogP contribution in [-0.2, 0) is 6.61 Å². The maximum absolute atomic E-state index is 6.10. The van der Waals surface area contributed by atoms with E-state index in [1.807, 2.05) is 49.6 Å². The number of aryl methyl sites for hydroxylation is 1. The van der Waals surface area contributed by atoms with Crippen LogP contribution in [0.3, 0.4) is 0 Å². The number of halogens is 1. The molecule has 0 fully saturated rings. The van der Waals surface area contributed by atoms with Gasteiger partial charge in [0.15, 0.2) is 0 Å². The van der Waals surface area contributed by atoms with Crippen LogP contribution in [0.15, 0.2) is 41.3 Å². The highest BCUT2D eigenvalue weighted by Crippen LogP contribution is 2.34. The molecule has 0 aliphatic carbocycles. The minimum atomic E-state index is 0.505. The Morgan fingerprint density at radius 1 is 1.28 bits per heavy atom. The molecule has 94 valence electrons. The lowest BCUT2D eigenvalue weighted by Crippen LogP contribution is -1.98. The average Bonchev–Trinajstić information content (AvgIpc) is 2.37. The molecule has 0 bridgehead atoms. The van der Waals surface area contributed by atoms with E-state index < -0.39 is 0 Å². The first-order valence-electron chi connectivity index (χ1n) is 5.58. The highest BCUT2D eigenvalue weighted by Gasteiger charge is 2.10. The van der Waals surface area contributed by atoms with E-state index in [2.05, 4.69) is 4.98 Å². The quantitative estimate of drug-likeness (QED) is 0.614. The summed E-state index contributed by atoms with van der Waals surface area (Å²) in [5, 5.41) is 0.505. The Morgan fingerprint density at radius 2 is 2.00 bits per heavy atom. The summed E-state index contributed by atoms with van der Waals surface area (Å²) in [7, 11) is 0. The summed E-state index contributed by atoms with van der Waals surface area (Å²) in [6.07, 6.45) is 1.97. The van der Waals surface area contributed by atoms with Gasteiger partial charge in [-0.15, -0.1) is 11.8 Å². The van der Waals surface area contributed by atoms with Crippen molar-refractivity contribution in [3.8, 4) is 5.75 Å². The third-order valence-corrected chi connectivity index (χ3v) is 3.66. The summed E-state index contributed by atoms with van der Waals surface area (Å²) < 4.78 is 5.83. The zero-order chi connectivity index (χ0) is 13.0. The van der Waals surface area contributed by atoms with Crippen LogP contribution in [0.2, 0.25) is 5.15 Å². The summed E-state index contributed by atoms with van der Waals surface area (Å²) in [4.78, 5) is 5.11. The number of ether oxygens (including phenoxy) is 1. The molecule has 0 aliphatic heterocycles. The Balaban J connectivity index is 2.18. The van der Waals surface area contributed by atoms with E-state index >= 15 is 0 Å². The summed E-state index contributed by atoms with van der Waals surface area (Å²) in [6.45, 7) is 2.44. The molecule has 18 heavy (non-hydrogen) atoms. The van der Waals surface area contributed by atoms with Crippen molar-refractivity contribution in [2.75, 3.05) is 6.26 Å². The molecule has 2 aromatic rings. The first kappa shape index (κ1) is 13.2. The fourth-order valence-corrected chi connectivity index (χ4v) is 2.61. The summed E-state index contributed by atoms with van der Waals surface area (Å²) in [5.74, 6) is 0.795. The van der Waals surface area contributed by atoms with E-state index in [4.69, 9.17) is 16.3 Å². The molecule has 2 nitrogen and oxygen atoms in total. The van der Waals surface area contributed by atoms with E-state index in [-0.39, 0.29) is 0 Å². The summed E-state index contributed by atoms with van der Waals surface area (Å²) in [6, 6.07) is 12.0. The topological polar surface area (TPSA) is 22.1 Å². The Labute approximate surface area is 116 Å². The summed E-state index contributed by atoms with van der Waals surface area (Å²) in [5.41, 5.74) is 2.00. The smallest absolute Gasteiger partial charge is 0.146 e. The number of thioether (sulfide) groups is 1. The Bertz CT molecular complexity index is 531. The van der Waals surface area contributed by atoms with Crippen LogP contribution in [0.4, 0.5) is 0 Å². The van der Waals surface area contributed by atoms with Gasteiger partial charge in [-0.05, 0) is 18.7 Å². The molecule has 0 radical (unpaired) electrons. The van der Waals surface area contributed by atoms with Gasteiger partial charge in [-0.1, -0.05) is 41.9 Å². The molecule has 0 N–H and O–H groups in total. The van der Waals surface area contributed by atoms with Gasteiger partial charge in [-0.2, -0.15) is 0 Å². The lowest BCUT2D eigenvalue weighted by molar-refractivity contribution is 0.298. The van der Waals surface area contributed by atoms with Crippen molar-refractivity contribution in [3.63, 3.8) is 0 Å². The highest BCUT2D eigenvalue weighted by atomic mass is 35.5. The van der Waals surface area contributed by atoms with E-state index in [1.54, 1.807) is 11.8 Å². The van der Waals surface area contributed by atoms with Crippen molar-refractivity contribution >= 4 is 23.4 Å². The van der Waals surface area contributed by atoms with Crippen LogP contribution in [0.5, 0.6) is 5.75 Å². The highest BCUT2D eigenvalue weighted by molar-refractivity contribution is 7.98.